The number of nitrogens with zero attached hydrogens (tertiary/aromatic N) is 2. The molecule has 3 rings (SSSR count). The summed E-state index contributed by atoms with van der Waals surface area (Å²) in [5.41, 5.74) is 1.89. The van der Waals surface area contributed by atoms with Crippen LogP contribution in [0.25, 0.3) is 0 Å². The molecule has 196 valence electrons. The summed E-state index contributed by atoms with van der Waals surface area (Å²) in [4.78, 5) is 27.5. The first-order valence-electron chi connectivity index (χ1n) is 11.7. The quantitative estimate of drug-likeness (QED) is 0.405. The number of aryl methyl sites for hydroxylation is 1. The summed E-state index contributed by atoms with van der Waals surface area (Å²) in [5, 5.41) is 3.23. The fourth-order valence-electron chi connectivity index (χ4n) is 3.66. The predicted octanol–water partition coefficient (Wildman–Crippen LogP) is 4.54. The molecule has 1 atom stereocenters. The van der Waals surface area contributed by atoms with Crippen LogP contribution in [0, 0.1) is 12.7 Å². The van der Waals surface area contributed by atoms with Crippen LogP contribution in [-0.4, -0.2) is 44.3 Å². The highest BCUT2D eigenvalue weighted by Gasteiger charge is 2.32. The number of halogens is 2. The summed E-state index contributed by atoms with van der Waals surface area (Å²) < 4.78 is 41.7. The average molecular weight is 546 g/mol. The first kappa shape index (κ1) is 28.1. The van der Waals surface area contributed by atoms with Crippen molar-refractivity contribution in [3.8, 4) is 0 Å². The minimum absolute atomic E-state index is 0.0621. The molecule has 37 heavy (non-hydrogen) atoms. The molecule has 0 radical (unpaired) electrons. The van der Waals surface area contributed by atoms with Crippen LogP contribution in [0.4, 0.5) is 10.1 Å². The van der Waals surface area contributed by atoms with Gasteiger partial charge in [0.25, 0.3) is 10.0 Å². The van der Waals surface area contributed by atoms with E-state index in [-0.39, 0.29) is 23.0 Å². The van der Waals surface area contributed by atoms with Crippen molar-refractivity contribution in [2.45, 2.75) is 38.3 Å². The maximum Gasteiger partial charge on any atom is 0.264 e. The van der Waals surface area contributed by atoms with Crippen molar-refractivity contribution in [3.63, 3.8) is 0 Å². The molecule has 3 aromatic rings. The van der Waals surface area contributed by atoms with Crippen LogP contribution in [0.15, 0.2) is 77.7 Å². The van der Waals surface area contributed by atoms with Gasteiger partial charge in [-0.3, -0.25) is 13.9 Å². The van der Waals surface area contributed by atoms with Gasteiger partial charge in [-0.15, -0.1) is 0 Å². The van der Waals surface area contributed by atoms with E-state index in [4.69, 9.17) is 11.6 Å². The Morgan fingerprint density at radius 1 is 0.973 bits per heavy atom. The van der Waals surface area contributed by atoms with Gasteiger partial charge in [-0.25, -0.2) is 12.8 Å². The van der Waals surface area contributed by atoms with Crippen LogP contribution in [0.1, 0.15) is 25.0 Å². The summed E-state index contributed by atoms with van der Waals surface area (Å²) in [5.74, 6) is -1.53. The Morgan fingerprint density at radius 3 is 2.14 bits per heavy atom. The highest BCUT2D eigenvalue weighted by molar-refractivity contribution is 7.92. The number of nitrogens with one attached hydrogen (secondary N) is 1. The molecule has 0 aliphatic rings. The zero-order valence-corrected chi connectivity index (χ0v) is 22.4. The number of carbonyl (C=O) groups excluding carboxylic acids is 2. The number of amides is 2. The van der Waals surface area contributed by atoms with Crippen molar-refractivity contribution in [2.75, 3.05) is 17.4 Å². The van der Waals surface area contributed by atoms with E-state index in [1.54, 1.807) is 62.4 Å². The normalized spacial score (nSPS) is 12.0. The molecule has 0 heterocycles. The lowest BCUT2D eigenvalue weighted by molar-refractivity contribution is -0.139. The summed E-state index contributed by atoms with van der Waals surface area (Å²) in [6.07, 6.45) is 0. The van der Waals surface area contributed by atoms with Crippen molar-refractivity contribution in [2.24, 2.45) is 0 Å². The Kier molecular flexibility index (Phi) is 9.29. The molecule has 0 fully saturated rings. The Labute approximate surface area is 221 Å². The van der Waals surface area contributed by atoms with Crippen LogP contribution in [0.3, 0.4) is 0 Å². The molecule has 0 spiro atoms. The van der Waals surface area contributed by atoms with E-state index < -0.39 is 34.3 Å². The maximum absolute atomic E-state index is 13.7. The summed E-state index contributed by atoms with van der Waals surface area (Å²) in [6, 6.07) is 17.0. The molecule has 3 aromatic carbocycles. The van der Waals surface area contributed by atoms with Gasteiger partial charge in [-0.1, -0.05) is 41.4 Å². The van der Waals surface area contributed by atoms with Crippen LogP contribution >= 0.6 is 11.6 Å². The number of likely N-dealkylation sites (N-methyl/N-ethyl adjacent to an activating group) is 1. The number of rotatable bonds is 10. The Hall–Kier alpha value is -3.43. The number of carbonyl (C=O) groups is 2. The molecule has 0 saturated carbocycles. The SMILES string of the molecule is CCNC(=O)C(C)N(Cc1ccc(Cl)cc1)C(=O)CN(c1ccc(C)cc1)S(=O)(=O)c1ccc(F)cc1. The lowest BCUT2D eigenvalue weighted by Crippen LogP contribution is -2.51. The Bertz CT molecular complexity index is 1330. The topological polar surface area (TPSA) is 86.8 Å². The van der Waals surface area contributed by atoms with Crippen molar-refractivity contribution in [1.82, 2.24) is 10.2 Å². The van der Waals surface area contributed by atoms with E-state index in [9.17, 15) is 22.4 Å². The predicted molar refractivity (Wildman–Crippen MR) is 142 cm³/mol. The zero-order valence-electron chi connectivity index (χ0n) is 20.8. The number of anilines is 1. The van der Waals surface area contributed by atoms with Gasteiger partial charge in [0.2, 0.25) is 11.8 Å². The van der Waals surface area contributed by atoms with Gasteiger partial charge < -0.3 is 10.2 Å². The van der Waals surface area contributed by atoms with Gasteiger partial charge in [-0.05, 0) is 74.9 Å². The van der Waals surface area contributed by atoms with Gasteiger partial charge in [0.05, 0.1) is 10.6 Å². The molecule has 0 aliphatic heterocycles. The molecular weight excluding hydrogens is 517 g/mol. The van der Waals surface area contributed by atoms with Crippen LogP contribution in [0.5, 0.6) is 0 Å². The lowest BCUT2D eigenvalue weighted by Gasteiger charge is -2.32. The monoisotopic (exact) mass is 545 g/mol. The first-order chi connectivity index (χ1) is 17.5. The van der Waals surface area contributed by atoms with E-state index in [2.05, 4.69) is 5.32 Å². The molecule has 10 heteroatoms. The minimum Gasteiger partial charge on any atom is -0.355 e. The summed E-state index contributed by atoms with van der Waals surface area (Å²) in [7, 11) is -4.25. The molecule has 0 aromatic heterocycles. The fraction of sp³-hybridized carbons (Fsp3) is 0.259. The molecule has 1 unspecified atom stereocenters. The third kappa shape index (κ3) is 7.08. The first-order valence-corrected chi connectivity index (χ1v) is 13.5. The lowest BCUT2D eigenvalue weighted by atomic mass is 10.1. The largest absolute Gasteiger partial charge is 0.355 e. The minimum atomic E-state index is -4.25. The number of hydrogen-bond donors (Lipinski definition) is 1. The molecule has 0 bridgehead atoms. The zero-order chi connectivity index (χ0) is 27.2. The number of hydrogen-bond acceptors (Lipinski definition) is 4. The summed E-state index contributed by atoms with van der Waals surface area (Å²) >= 11 is 5.99. The van der Waals surface area contributed by atoms with Gasteiger partial charge in [-0.2, -0.15) is 0 Å². The van der Waals surface area contributed by atoms with E-state index in [0.29, 0.717) is 11.6 Å². The third-order valence-corrected chi connectivity index (χ3v) is 7.83. The van der Waals surface area contributed by atoms with Crippen LogP contribution < -0.4 is 9.62 Å². The van der Waals surface area contributed by atoms with Gasteiger partial charge in [0, 0.05) is 18.1 Å². The van der Waals surface area contributed by atoms with Gasteiger partial charge in [0.15, 0.2) is 0 Å². The second kappa shape index (κ2) is 12.2. The smallest absolute Gasteiger partial charge is 0.264 e. The second-order valence-corrected chi connectivity index (χ2v) is 10.8. The summed E-state index contributed by atoms with van der Waals surface area (Å²) in [6.45, 7) is 5.08. The molecule has 0 aliphatic carbocycles. The second-order valence-electron chi connectivity index (χ2n) is 8.52. The standard InChI is InChI=1S/C27H29ClFN3O4S/c1-4-30-27(34)20(3)31(17-21-7-9-22(28)10-8-21)26(33)18-32(24-13-5-19(2)6-14-24)37(35,36)25-15-11-23(29)12-16-25/h5-16,20H,4,17-18H2,1-3H3,(H,30,34). The third-order valence-electron chi connectivity index (χ3n) is 5.79. The maximum atomic E-state index is 13.7. The van der Waals surface area contributed by atoms with Crippen molar-refractivity contribution < 1.29 is 22.4 Å². The van der Waals surface area contributed by atoms with Crippen molar-refractivity contribution in [1.29, 1.82) is 0 Å². The van der Waals surface area contributed by atoms with Gasteiger partial charge >= 0.3 is 0 Å². The van der Waals surface area contributed by atoms with E-state index in [0.717, 1.165) is 39.7 Å². The fourth-order valence-corrected chi connectivity index (χ4v) is 5.20. The molecule has 7 nitrogen and oxygen atoms in total. The molecule has 1 N–H and O–H groups in total. The molecule has 0 saturated heterocycles. The number of benzene rings is 3. The highest BCUT2D eigenvalue weighted by Crippen LogP contribution is 2.25. The average Bonchev–Trinajstić information content (AvgIpc) is 2.87. The highest BCUT2D eigenvalue weighted by atomic mass is 35.5. The molecular formula is C27H29ClFN3O4S. The van der Waals surface area contributed by atoms with Gasteiger partial charge in [0.1, 0.15) is 18.4 Å². The Balaban J connectivity index is 2.01. The Morgan fingerprint density at radius 2 is 1.57 bits per heavy atom. The van der Waals surface area contributed by atoms with Crippen LogP contribution in [0.2, 0.25) is 5.02 Å². The van der Waals surface area contributed by atoms with Crippen LogP contribution in [-0.2, 0) is 26.2 Å². The van der Waals surface area contributed by atoms with E-state index in [1.807, 2.05) is 6.92 Å². The number of sulfonamides is 1. The van der Waals surface area contributed by atoms with Crippen molar-refractivity contribution >= 4 is 39.1 Å². The van der Waals surface area contributed by atoms with E-state index >= 15 is 0 Å². The molecule has 2 amide bonds. The van der Waals surface area contributed by atoms with Crippen molar-refractivity contribution in [3.05, 3.63) is 94.8 Å². The van der Waals surface area contributed by atoms with E-state index in [1.165, 1.54) is 4.90 Å².